The highest BCUT2D eigenvalue weighted by molar-refractivity contribution is 6.67. The Hall–Kier alpha value is -1.37. The summed E-state index contributed by atoms with van der Waals surface area (Å²) in [5.74, 6) is 0.278. The van der Waals surface area contributed by atoms with Gasteiger partial charge < -0.3 is 4.74 Å². The van der Waals surface area contributed by atoms with E-state index in [0.717, 1.165) is 21.4 Å². The lowest BCUT2D eigenvalue weighted by Crippen LogP contribution is -2.23. The van der Waals surface area contributed by atoms with Crippen LogP contribution in [0, 0.1) is 13.8 Å². The fourth-order valence-electron chi connectivity index (χ4n) is 1.84. The molecule has 6 nitrogen and oxygen atoms in total. The van der Waals surface area contributed by atoms with Gasteiger partial charge in [0.2, 0.25) is 3.79 Å². The maximum Gasteiger partial charge on any atom is 0.438 e. The molecule has 1 aromatic carbocycles. The van der Waals surface area contributed by atoms with Crippen molar-refractivity contribution in [3.63, 3.8) is 0 Å². The third-order valence-corrected chi connectivity index (χ3v) is 3.03. The van der Waals surface area contributed by atoms with Gasteiger partial charge in [-0.3, -0.25) is 0 Å². The van der Waals surface area contributed by atoms with Gasteiger partial charge in [-0.15, -0.1) is 9.78 Å². The highest BCUT2D eigenvalue weighted by Gasteiger charge is 2.25. The maximum atomic E-state index is 12.0. The zero-order valence-electron chi connectivity index (χ0n) is 11.2. The van der Waals surface area contributed by atoms with E-state index < -0.39 is 16.5 Å². The van der Waals surface area contributed by atoms with Gasteiger partial charge in [0, 0.05) is 5.56 Å². The summed E-state index contributed by atoms with van der Waals surface area (Å²) in [6, 6.07) is 5.70. The average molecular weight is 350 g/mol. The summed E-state index contributed by atoms with van der Waals surface area (Å²) in [7, 11) is 0. The van der Waals surface area contributed by atoms with E-state index in [1.807, 2.05) is 32.0 Å². The van der Waals surface area contributed by atoms with Crippen molar-refractivity contribution >= 4 is 40.9 Å². The van der Waals surface area contributed by atoms with E-state index in [1.165, 1.54) is 0 Å². The first-order valence-corrected chi connectivity index (χ1v) is 7.02. The molecule has 0 aliphatic rings. The SMILES string of the molecule is Cc1cccc(C)c1-c1nnnn1C(=O)OCC(Cl)(Cl)Cl. The second-order valence-electron chi connectivity index (χ2n) is 4.35. The van der Waals surface area contributed by atoms with Crippen LogP contribution in [0.4, 0.5) is 4.79 Å². The monoisotopic (exact) mass is 348 g/mol. The zero-order valence-corrected chi connectivity index (χ0v) is 13.4. The van der Waals surface area contributed by atoms with Crippen molar-refractivity contribution in [2.24, 2.45) is 0 Å². The largest absolute Gasteiger partial charge is 0.443 e. The quantitative estimate of drug-likeness (QED) is 0.614. The van der Waals surface area contributed by atoms with Gasteiger partial charge in [0.25, 0.3) is 0 Å². The molecule has 0 atom stereocenters. The summed E-state index contributed by atoms with van der Waals surface area (Å²) in [6.07, 6.45) is -0.816. The fraction of sp³-hybridized carbons (Fsp3) is 0.333. The number of aromatic nitrogens is 4. The molecule has 0 radical (unpaired) electrons. The third-order valence-electron chi connectivity index (χ3n) is 2.71. The summed E-state index contributed by atoms with van der Waals surface area (Å²) in [5.41, 5.74) is 2.62. The second-order valence-corrected chi connectivity index (χ2v) is 6.87. The highest BCUT2D eigenvalue weighted by atomic mass is 35.6. The molecular weight excluding hydrogens is 339 g/mol. The van der Waals surface area contributed by atoms with Crippen LogP contribution in [-0.2, 0) is 4.74 Å². The molecule has 1 aromatic heterocycles. The van der Waals surface area contributed by atoms with Gasteiger partial charge in [0.05, 0.1) is 0 Å². The van der Waals surface area contributed by atoms with Gasteiger partial charge in [-0.25, -0.2) is 4.79 Å². The molecule has 2 rings (SSSR count). The van der Waals surface area contributed by atoms with Gasteiger partial charge in [0.15, 0.2) is 5.82 Å². The van der Waals surface area contributed by atoms with Crippen LogP contribution in [0.5, 0.6) is 0 Å². The first-order valence-electron chi connectivity index (χ1n) is 5.88. The molecule has 9 heteroatoms. The minimum absolute atomic E-state index is 0.278. The Labute approximate surface area is 135 Å². The molecule has 21 heavy (non-hydrogen) atoms. The lowest BCUT2D eigenvalue weighted by molar-refractivity contribution is 0.146. The van der Waals surface area contributed by atoms with Crippen molar-refractivity contribution in [1.82, 2.24) is 20.2 Å². The Balaban J connectivity index is 2.33. The van der Waals surface area contributed by atoms with Crippen molar-refractivity contribution in [3.8, 4) is 11.4 Å². The predicted molar refractivity (Wildman–Crippen MR) is 79.8 cm³/mol. The molecule has 0 saturated heterocycles. The smallest absolute Gasteiger partial charge is 0.438 e. The Morgan fingerprint density at radius 2 is 1.90 bits per heavy atom. The van der Waals surface area contributed by atoms with Crippen LogP contribution < -0.4 is 0 Å². The second kappa shape index (κ2) is 6.17. The van der Waals surface area contributed by atoms with Gasteiger partial charge in [-0.05, 0) is 35.4 Å². The normalized spacial score (nSPS) is 11.5. The number of ether oxygens (including phenoxy) is 1. The summed E-state index contributed by atoms with van der Waals surface area (Å²) in [6.45, 7) is 3.39. The molecule has 2 aromatic rings. The Kier molecular flexibility index (Phi) is 4.70. The Bertz CT molecular complexity index is 647. The number of benzene rings is 1. The lowest BCUT2D eigenvalue weighted by Gasteiger charge is -2.12. The van der Waals surface area contributed by atoms with Crippen LogP contribution in [0.15, 0.2) is 18.2 Å². The number of alkyl halides is 3. The van der Waals surface area contributed by atoms with Crippen molar-refractivity contribution in [2.45, 2.75) is 17.6 Å². The minimum atomic E-state index is -1.69. The van der Waals surface area contributed by atoms with Crippen LogP contribution in [0.1, 0.15) is 11.1 Å². The van der Waals surface area contributed by atoms with Crippen molar-refractivity contribution < 1.29 is 9.53 Å². The number of carbonyl (C=O) groups is 1. The Morgan fingerprint density at radius 3 is 2.48 bits per heavy atom. The van der Waals surface area contributed by atoms with E-state index in [0.29, 0.717) is 0 Å². The summed E-state index contributed by atoms with van der Waals surface area (Å²) < 4.78 is 4.12. The molecule has 0 aliphatic heterocycles. The maximum absolute atomic E-state index is 12.0. The predicted octanol–water partition coefficient (Wildman–Crippen LogP) is 3.31. The lowest BCUT2D eigenvalue weighted by atomic mass is 10.0. The van der Waals surface area contributed by atoms with Gasteiger partial charge in [-0.1, -0.05) is 53.0 Å². The van der Waals surface area contributed by atoms with E-state index in [-0.39, 0.29) is 5.82 Å². The number of hydrogen-bond donors (Lipinski definition) is 0. The van der Waals surface area contributed by atoms with E-state index in [9.17, 15) is 4.79 Å². The molecule has 0 bridgehead atoms. The summed E-state index contributed by atoms with van der Waals surface area (Å²) in [4.78, 5) is 12.0. The summed E-state index contributed by atoms with van der Waals surface area (Å²) >= 11 is 16.6. The first kappa shape index (κ1) is 16.0. The van der Waals surface area contributed by atoms with Crippen LogP contribution in [0.3, 0.4) is 0 Å². The number of carbonyl (C=O) groups excluding carboxylic acids is 1. The molecule has 0 unspecified atom stereocenters. The highest BCUT2D eigenvalue weighted by Crippen LogP contribution is 2.27. The minimum Gasteiger partial charge on any atom is -0.443 e. The topological polar surface area (TPSA) is 69.9 Å². The summed E-state index contributed by atoms with van der Waals surface area (Å²) in [5, 5.41) is 11.0. The van der Waals surface area contributed by atoms with E-state index in [2.05, 4.69) is 15.5 Å². The zero-order chi connectivity index (χ0) is 15.6. The van der Waals surface area contributed by atoms with Crippen molar-refractivity contribution in [3.05, 3.63) is 29.3 Å². The van der Waals surface area contributed by atoms with Crippen LogP contribution >= 0.6 is 34.8 Å². The molecular formula is C12H11Cl3N4O2. The van der Waals surface area contributed by atoms with Crippen LogP contribution in [-0.4, -0.2) is 36.7 Å². The molecule has 0 N–H and O–H groups in total. The van der Waals surface area contributed by atoms with E-state index in [4.69, 9.17) is 39.5 Å². The van der Waals surface area contributed by atoms with E-state index in [1.54, 1.807) is 0 Å². The van der Waals surface area contributed by atoms with Crippen molar-refractivity contribution in [2.75, 3.05) is 6.61 Å². The van der Waals surface area contributed by atoms with Gasteiger partial charge in [0.1, 0.15) is 6.61 Å². The number of halogens is 3. The molecule has 0 saturated carbocycles. The molecule has 0 spiro atoms. The number of nitrogens with zero attached hydrogens (tertiary/aromatic N) is 4. The molecule has 1 heterocycles. The number of tetrazole rings is 1. The number of hydrogen-bond acceptors (Lipinski definition) is 5. The standard InChI is InChI=1S/C12H11Cl3N4O2/c1-7-4-3-5-8(2)9(7)10-16-17-18-19(10)11(20)21-6-12(13,14)15/h3-5H,6H2,1-2H3. The van der Waals surface area contributed by atoms with Crippen LogP contribution in [0.2, 0.25) is 0 Å². The Morgan fingerprint density at radius 1 is 1.29 bits per heavy atom. The van der Waals surface area contributed by atoms with Crippen LogP contribution in [0.25, 0.3) is 11.4 Å². The molecule has 0 amide bonds. The van der Waals surface area contributed by atoms with Crippen molar-refractivity contribution in [1.29, 1.82) is 0 Å². The molecule has 0 aliphatic carbocycles. The van der Waals surface area contributed by atoms with Gasteiger partial charge >= 0.3 is 6.09 Å². The van der Waals surface area contributed by atoms with E-state index >= 15 is 0 Å². The molecule has 0 fully saturated rings. The van der Waals surface area contributed by atoms with Gasteiger partial charge in [-0.2, -0.15) is 0 Å². The number of aryl methyl sites for hydroxylation is 2. The third kappa shape index (κ3) is 3.84. The average Bonchev–Trinajstić information content (AvgIpc) is 2.84. The first-order chi connectivity index (χ1) is 9.79. The fourth-order valence-corrected chi connectivity index (χ4v) is 2.00. The molecule has 112 valence electrons. The number of rotatable bonds is 2.